The largest absolute Gasteiger partial charge is 0.318 e. The molecule has 1 aromatic carbocycles. The molecule has 0 amide bonds. The Morgan fingerprint density at radius 3 is 2.62 bits per heavy atom. The zero-order chi connectivity index (χ0) is 12.1. The molecule has 0 aromatic heterocycles. The van der Waals surface area contributed by atoms with Crippen LogP contribution in [-0.4, -0.2) is 19.6 Å². The summed E-state index contributed by atoms with van der Waals surface area (Å²) in [6, 6.07) is 2.30. The first-order valence-electron chi connectivity index (χ1n) is 5.06. The first-order valence-corrected chi connectivity index (χ1v) is 5.43. The number of rotatable bonds is 5. The molecule has 1 unspecified atom stereocenters. The summed E-state index contributed by atoms with van der Waals surface area (Å²) in [5, 5.41) is 5.87. The van der Waals surface area contributed by atoms with Crippen LogP contribution in [0.25, 0.3) is 0 Å². The molecular weight excluding hydrogens is 234 g/mol. The lowest BCUT2D eigenvalue weighted by Gasteiger charge is -2.13. The monoisotopic (exact) mass is 248 g/mol. The van der Waals surface area contributed by atoms with Gasteiger partial charge in [-0.25, -0.2) is 8.78 Å². The Morgan fingerprint density at radius 2 is 2.00 bits per heavy atom. The van der Waals surface area contributed by atoms with Gasteiger partial charge in [0.15, 0.2) is 0 Å². The van der Waals surface area contributed by atoms with Crippen molar-refractivity contribution in [1.29, 1.82) is 0 Å². The summed E-state index contributed by atoms with van der Waals surface area (Å²) in [5.41, 5.74) is 0.282. The van der Waals surface area contributed by atoms with Crippen LogP contribution in [0.2, 0.25) is 5.02 Å². The second-order valence-corrected chi connectivity index (χ2v) is 4.10. The predicted octanol–water partition coefficient (Wildman–Crippen LogP) is 2.32. The molecule has 0 saturated carbocycles. The second-order valence-electron chi connectivity index (χ2n) is 3.70. The molecule has 1 aromatic rings. The minimum atomic E-state index is -0.596. The Labute approximate surface area is 99.0 Å². The van der Waals surface area contributed by atoms with Crippen LogP contribution in [-0.2, 0) is 6.54 Å². The third-order valence-corrected chi connectivity index (χ3v) is 2.53. The first kappa shape index (κ1) is 13.4. The fourth-order valence-corrected chi connectivity index (χ4v) is 1.51. The summed E-state index contributed by atoms with van der Waals surface area (Å²) in [7, 11) is 1.83. The van der Waals surface area contributed by atoms with Gasteiger partial charge in [-0.05, 0) is 26.1 Å². The molecule has 0 aliphatic heterocycles. The summed E-state index contributed by atoms with van der Waals surface area (Å²) in [4.78, 5) is 0. The van der Waals surface area contributed by atoms with Crippen molar-refractivity contribution in [3.05, 3.63) is 34.4 Å². The van der Waals surface area contributed by atoms with Crippen molar-refractivity contribution in [2.75, 3.05) is 13.6 Å². The van der Waals surface area contributed by atoms with Crippen molar-refractivity contribution >= 4 is 11.6 Å². The minimum Gasteiger partial charge on any atom is -0.318 e. The van der Waals surface area contributed by atoms with E-state index in [0.717, 1.165) is 18.7 Å². The molecule has 0 fully saturated rings. The lowest BCUT2D eigenvalue weighted by atomic mass is 10.2. The van der Waals surface area contributed by atoms with Crippen LogP contribution >= 0.6 is 11.6 Å². The highest BCUT2D eigenvalue weighted by atomic mass is 35.5. The van der Waals surface area contributed by atoms with Gasteiger partial charge in [0.2, 0.25) is 0 Å². The van der Waals surface area contributed by atoms with Crippen LogP contribution in [0, 0.1) is 11.6 Å². The Bertz CT molecular complexity index is 358. The average molecular weight is 249 g/mol. The van der Waals surface area contributed by atoms with Gasteiger partial charge in [-0.1, -0.05) is 11.6 Å². The van der Waals surface area contributed by atoms with E-state index in [1.54, 1.807) is 0 Å². The topological polar surface area (TPSA) is 24.1 Å². The predicted molar refractivity (Wildman–Crippen MR) is 61.6 cm³/mol. The van der Waals surface area contributed by atoms with E-state index in [-0.39, 0.29) is 23.2 Å². The summed E-state index contributed by atoms with van der Waals surface area (Å²) in [6.45, 7) is 3.00. The lowest BCUT2D eigenvalue weighted by Crippen LogP contribution is -2.34. The van der Waals surface area contributed by atoms with Crippen LogP contribution in [0.3, 0.4) is 0 Å². The van der Waals surface area contributed by atoms with Crippen LogP contribution in [0.4, 0.5) is 8.78 Å². The van der Waals surface area contributed by atoms with E-state index in [1.165, 1.54) is 0 Å². The van der Waals surface area contributed by atoms with Crippen molar-refractivity contribution in [2.45, 2.75) is 19.5 Å². The minimum absolute atomic E-state index is 0.183. The van der Waals surface area contributed by atoms with Crippen LogP contribution in [0.1, 0.15) is 12.5 Å². The number of likely N-dealkylation sites (N-methyl/N-ethyl adjacent to an activating group) is 1. The third kappa shape index (κ3) is 3.70. The van der Waals surface area contributed by atoms with Gasteiger partial charge in [0.05, 0.1) is 5.02 Å². The van der Waals surface area contributed by atoms with Gasteiger partial charge in [0, 0.05) is 24.7 Å². The van der Waals surface area contributed by atoms with Gasteiger partial charge >= 0.3 is 0 Å². The standard InChI is InChI=1S/C11H15ClF2N2/c1-7(5-15-2)16-6-8-3-11(14)9(12)4-10(8)13/h3-4,7,15-16H,5-6H2,1-2H3. The summed E-state index contributed by atoms with van der Waals surface area (Å²) < 4.78 is 26.5. The Balaban J connectivity index is 2.63. The zero-order valence-corrected chi connectivity index (χ0v) is 10.0. The number of benzene rings is 1. The molecule has 2 N–H and O–H groups in total. The second kappa shape index (κ2) is 6.13. The smallest absolute Gasteiger partial charge is 0.142 e. The van der Waals surface area contributed by atoms with Gasteiger partial charge in [-0.3, -0.25) is 0 Å². The normalized spacial score (nSPS) is 12.8. The molecule has 1 rings (SSSR count). The molecule has 0 saturated heterocycles. The molecule has 5 heteroatoms. The molecule has 0 spiro atoms. The van der Waals surface area contributed by atoms with E-state index in [9.17, 15) is 8.78 Å². The highest BCUT2D eigenvalue weighted by Crippen LogP contribution is 2.19. The fourth-order valence-electron chi connectivity index (χ4n) is 1.36. The van der Waals surface area contributed by atoms with Crippen molar-refractivity contribution < 1.29 is 8.78 Å². The number of hydrogen-bond donors (Lipinski definition) is 2. The molecule has 0 aliphatic carbocycles. The molecule has 1 atom stereocenters. The van der Waals surface area contributed by atoms with Gasteiger partial charge in [0.1, 0.15) is 11.6 Å². The molecule has 16 heavy (non-hydrogen) atoms. The maximum absolute atomic E-state index is 13.4. The third-order valence-electron chi connectivity index (χ3n) is 2.24. The van der Waals surface area contributed by atoms with Crippen molar-refractivity contribution in [3.63, 3.8) is 0 Å². The highest BCUT2D eigenvalue weighted by molar-refractivity contribution is 6.30. The van der Waals surface area contributed by atoms with Gasteiger partial charge in [-0.15, -0.1) is 0 Å². The summed E-state index contributed by atoms with van der Waals surface area (Å²) >= 11 is 5.45. The number of hydrogen-bond acceptors (Lipinski definition) is 2. The maximum Gasteiger partial charge on any atom is 0.142 e. The van der Waals surface area contributed by atoms with Gasteiger partial charge < -0.3 is 10.6 Å². The highest BCUT2D eigenvalue weighted by Gasteiger charge is 2.09. The molecular formula is C11H15ClF2N2. The van der Waals surface area contributed by atoms with E-state index < -0.39 is 11.6 Å². The van der Waals surface area contributed by atoms with Crippen molar-refractivity contribution in [2.24, 2.45) is 0 Å². The average Bonchev–Trinajstić information content (AvgIpc) is 2.22. The van der Waals surface area contributed by atoms with Gasteiger partial charge in [0.25, 0.3) is 0 Å². The van der Waals surface area contributed by atoms with Crippen LogP contribution in [0.5, 0.6) is 0 Å². The Hall–Kier alpha value is -0.710. The first-order chi connectivity index (χ1) is 7.54. The van der Waals surface area contributed by atoms with Crippen molar-refractivity contribution in [3.8, 4) is 0 Å². The van der Waals surface area contributed by atoms with E-state index in [0.29, 0.717) is 0 Å². The molecule has 90 valence electrons. The quantitative estimate of drug-likeness (QED) is 0.782. The Morgan fingerprint density at radius 1 is 1.31 bits per heavy atom. The van der Waals surface area contributed by atoms with Crippen LogP contribution in [0.15, 0.2) is 12.1 Å². The maximum atomic E-state index is 13.4. The van der Waals surface area contributed by atoms with E-state index in [4.69, 9.17) is 11.6 Å². The van der Waals surface area contributed by atoms with E-state index in [1.807, 2.05) is 14.0 Å². The zero-order valence-electron chi connectivity index (χ0n) is 9.28. The molecule has 2 nitrogen and oxygen atoms in total. The van der Waals surface area contributed by atoms with E-state index >= 15 is 0 Å². The summed E-state index contributed by atoms with van der Waals surface area (Å²) in [5.74, 6) is -1.09. The Kier molecular flexibility index (Phi) is 5.12. The van der Waals surface area contributed by atoms with E-state index in [2.05, 4.69) is 10.6 Å². The van der Waals surface area contributed by atoms with Gasteiger partial charge in [-0.2, -0.15) is 0 Å². The molecule has 0 radical (unpaired) electrons. The molecule has 0 aliphatic rings. The number of halogens is 3. The lowest BCUT2D eigenvalue weighted by molar-refractivity contribution is 0.505. The fraction of sp³-hybridized carbons (Fsp3) is 0.455. The summed E-state index contributed by atoms with van der Waals surface area (Å²) in [6.07, 6.45) is 0. The number of nitrogens with one attached hydrogen (secondary N) is 2. The molecule has 0 bridgehead atoms. The van der Waals surface area contributed by atoms with Crippen LogP contribution < -0.4 is 10.6 Å². The van der Waals surface area contributed by atoms with Crippen molar-refractivity contribution in [1.82, 2.24) is 10.6 Å². The molecule has 0 heterocycles. The SMILES string of the molecule is CNCC(C)NCc1cc(F)c(Cl)cc1F.